The third-order valence-corrected chi connectivity index (χ3v) is 14.0. The van der Waals surface area contributed by atoms with Gasteiger partial charge in [0, 0.05) is 68.8 Å². The summed E-state index contributed by atoms with van der Waals surface area (Å²) in [6.45, 7) is 12.1. The number of halogens is 1. The maximum atomic E-state index is 15.3. The third kappa shape index (κ3) is 18.7. The van der Waals surface area contributed by atoms with Gasteiger partial charge < -0.3 is 73.5 Å². The number of carboxylic acid groups (broad SMARTS) is 1. The molecule has 4 heterocycles. The molecule has 1 aliphatic rings. The maximum absolute atomic E-state index is 15.3. The molecule has 3 aromatic carbocycles. The van der Waals surface area contributed by atoms with Crippen LogP contribution in [0.1, 0.15) is 130 Å². The van der Waals surface area contributed by atoms with Crippen LogP contribution in [0.15, 0.2) is 84.0 Å². The second-order valence-electron chi connectivity index (χ2n) is 21.5. The molecule has 1 aliphatic heterocycles. The van der Waals surface area contributed by atoms with Crippen molar-refractivity contribution < 1.29 is 48.1 Å². The molecule has 0 spiro atoms. The van der Waals surface area contributed by atoms with Gasteiger partial charge in [-0.2, -0.15) is 0 Å². The lowest BCUT2D eigenvalue weighted by Crippen LogP contribution is -2.49. The average Bonchev–Trinajstić information content (AvgIpc) is 1.97. The van der Waals surface area contributed by atoms with Crippen molar-refractivity contribution in [3.8, 4) is 0 Å². The molecule has 27 nitrogen and oxygen atoms in total. The summed E-state index contributed by atoms with van der Waals surface area (Å²) in [6, 6.07) is 13.1. The molecule has 14 N–H and O–H groups in total. The van der Waals surface area contributed by atoms with Gasteiger partial charge in [-0.3, -0.25) is 14.4 Å². The van der Waals surface area contributed by atoms with E-state index in [0.717, 1.165) is 18.1 Å². The van der Waals surface area contributed by atoms with Crippen LogP contribution in [0.5, 0.6) is 0 Å². The number of nitrogens with zero attached hydrogens (tertiary/aromatic N) is 9. The number of rotatable bonds is 26. The number of urea groups is 2. The van der Waals surface area contributed by atoms with Crippen molar-refractivity contribution >= 4 is 63.9 Å². The molecule has 85 heavy (non-hydrogen) atoms. The van der Waals surface area contributed by atoms with Crippen LogP contribution < -0.4 is 54.5 Å². The molecular weight excluding hydrogens is 1100 g/mol. The summed E-state index contributed by atoms with van der Waals surface area (Å²) in [5, 5.41) is 46.0. The van der Waals surface area contributed by atoms with E-state index in [1.807, 2.05) is 0 Å². The quantitative estimate of drug-likeness (QED) is 0.0318. The van der Waals surface area contributed by atoms with Crippen molar-refractivity contribution in [3.05, 3.63) is 123 Å². The molecular formula is C57H78FN17O10. The number of hydrogen-bond acceptors (Lipinski definition) is 16. The molecule has 0 radical (unpaired) electrons. The van der Waals surface area contributed by atoms with Crippen molar-refractivity contribution in [2.45, 2.75) is 117 Å². The number of aliphatic hydroxyl groups is 1. The first-order valence-electron chi connectivity index (χ1n) is 28.1. The van der Waals surface area contributed by atoms with E-state index >= 15 is 4.39 Å². The summed E-state index contributed by atoms with van der Waals surface area (Å²) in [5.74, 6) is -1.89. The Labute approximate surface area is 490 Å². The summed E-state index contributed by atoms with van der Waals surface area (Å²) >= 11 is 0. The molecule has 0 bridgehead atoms. The van der Waals surface area contributed by atoms with Crippen LogP contribution in [-0.2, 0) is 34.1 Å². The van der Waals surface area contributed by atoms with E-state index in [-0.39, 0.29) is 67.8 Å². The van der Waals surface area contributed by atoms with E-state index < -0.39 is 53.0 Å². The molecule has 3 aromatic heterocycles. The van der Waals surface area contributed by atoms with E-state index in [0.29, 0.717) is 104 Å². The largest absolute Gasteiger partial charge is 0.477 e. The number of nitrogens with one attached hydrogen (secondary N) is 4. The highest BCUT2D eigenvalue weighted by molar-refractivity contribution is 5.95. The zero-order valence-electron chi connectivity index (χ0n) is 48.4. The topological polar surface area (TPSA) is 394 Å². The van der Waals surface area contributed by atoms with Crippen LogP contribution in [0.2, 0.25) is 0 Å². The molecule has 1 fully saturated rings. The number of aryl methyl sites for hydroxylation is 1. The Morgan fingerprint density at radius 1 is 0.706 bits per heavy atom. The number of carbonyl (C=O) groups excluding carboxylic acids is 5. The van der Waals surface area contributed by atoms with Gasteiger partial charge in [0.15, 0.2) is 0 Å². The highest BCUT2D eigenvalue weighted by atomic mass is 19.1. The zero-order chi connectivity index (χ0) is 61.9. The second-order valence-corrected chi connectivity index (χ2v) is 21.5. The number of carboxylic acids is 1. The Kier molecular flexibility index (Phi) is 23.8. The first-order valence-corrected chi connectivity index (χ1v) is 28.1. The fraction of sp³-hybridized carbons (Fsp3) is 0.456. The molecule has 0 saturated carbocycles. The lowest BCUT2D eigenvalue weighted by molar-refractivity contribution is -0.120. The number of amides is 7. The fourth-order valence-corrected chi connectivity index (χ4v) is 9.51. The van der Waals surface area contributed by atoms with E-state index in [1.54, 1.807) is 83.4 Å². The number of nitrogens with two attached hydrogens (primary N) is 4. The van der Waals surface area contributed by atoms with Gasteiger partial charge in [0.2, 0.25) is 17.2 Å². The normalized spacial score (nSPS) is 13.8. The smallest absolute Gasteiger partial charge is 0.410 e. The number of primary amides is 2. The molecule has 6 aromatic rings. The van der Waals surface area contributed by atoms with Gasteiger partial charge >= 0.3 is 24.1 Å². The van der Waals surface area contributed by atoms with Crippen molar-refractivity contribution in [2.75, 3.05) is 54.8 Å². The van der Waals surface area contributed by atoms with Crippen molar-refractivity contribution in [3.63, 3.8) is 0 Å². The lowest BCUT2D eigenvalue weighted by atomic mass is 10.0. The summed E-state index contributed by atoms with van der Waals surface area (Å²) < 4.78 is 25.4. The number of anilines is 3. The highest BCUT2D eigenvalue weighted by Gasteiger charge is 2.28. The Morgan fingerprint density at radius 3 is 1.62 bits per heavy atom. The molecule has 458 valence electrons. The highest BCUT2D eigenvalue weighted by Crippen LogP contribution is 2.28. The number of ether oxygens (including phenoxy) is 1. The van der Waals surface area contributed by atoms with Crippen molar-refractivity contribution in [2.24, 2.45) is 34.8 Å². The van der Waals surface area contributed by atoms with Crippen LogP contribution in [0.4, 0.5) is 35.8 Å². The number of fused-ring (bicyclic) bond motifs is 1. The number of aromatic carboxylic acids is 1. The number of carbonyl (C=O) groups is 6. The summed E-state index contributed by atoms with van der Waals surface area (Å²) in [5.41, 5.74) is 26.0. The molecule has 0 aliphatic carbocycles. The first kappa shape index (κ1) is 65.1. The first-order chi connectivity index (χ1) is 40.5. The van der Waals surface area contributed by atoms with Gasteiger partial charge in [0.1, 0.15) is 30.1 Å². The molecule has 7 rings (SSSR count). The number of pyridine rings is 1. The zero-order valence-corrected chi connectivity index (χ0v) is 48.4. The van der Waals surface area contributed by atoms with Crippen molar-refractivity contribution in [1.29, 1.82) is 0 Å². The van der Waals surface area contributed by atoms with Gasteiger partial charge in [-0.15, -0.1) is 10.2 Å². The van der Waals surface area contributed by atoms with Crippen LogP contribution in [0, 0.1) is 17.7 Å². The summed E-state index contributed by atoms with van der Waals surface area (Å²) in [4.78, 5) is 88.9. The standard InChI is InChI=1S/C37H47FN10O7.C20H31N7O3/c1-4-45-19-26(35(51)52)33(49)25-17-27(38)32(18-31(25)45)46-12-14-47(15-13-46)37(54)55-21-23-7-9-24(10-8-23)42-34(50)30(6-5-11-41-36(40)53)48-20-29(43-44-48)28(39)16-22(2)3;1-13(2)10-16(21)17-11-27(26-25-17)18(4-3-9-23-20(22)30)19(29)24-15-7-5-14(12-28)6-8-15/h7-10,17-20,22,28,30H,4-6,11-16,21,39H2,1-3H3,(H,42,50)(H,51,52)(H3,40,41,53);5-8,11,13,16,18,28H,3-4,9-10,12,21H2,1-2H3,(H,24,29)(H3,22,23,30)/t28-,30-;16-,18-/m00/s1. The van der Waals surface area contributed by atoms with Crippen molar-refractivity contribution in [1.82, 2.24) is 50.1 Å². The SMILES string of the molecule is CC(C)C[C@H](N)c1cn([C@@H](CCCNC(N)=O)C(=O)Nc2ccc(CO)cc2)nn1.CCn1cc(C(=O)O)c(=O)c2cc(F)c(N3CCN(C(=O)OCc4ccc(NC(=O)[C@H](CCCNC(N)=O)n5cc([C@@H](N)CC(C)C)nn5)cc4)CC3)cc21. The monoisotopic (exact) mass is 1180 g/mol. The fourth-order valence-electron chi connectivity index (χ4n) is 9.51. The number of benzene rings is 3. The summed E-state index contributed by atoms with van der Waals surface area (Å²) in [7, 11) is 0. The van der Waals surface area contributed by atoms with Gasteiger partial charge in [0.05, 0.1) is 53.7 Å². The molecule has 1 saturated heterocycles. The van der Waals surface area contributed by atoms with Gasteiger partial charge in [-0.25, -0.2) is 32.9 Å². The number of aliphatic hydroxyl groups excluding tert-OH is 1. The Hall–Kier alpha value is -9.02. The minimum Gasteiger partial charge on any atom is -0.477 e. The molecule has 0 unspecified atom stereocenters. The molecule has 4 atom stereocenters. The van der Waals surface area contributed by atoms with Crippen LogP contribution in [0.3, 0.4) is 0 Å². The van der Waals surface area contributed by atoms with E-state index in [9.17, 15) is 38.7 Å². The van der Waals surface area contributed by atoms with Crippen LogP contribution in [-0.4, -0.2) is 125 Å². The van der Waals surface area contributed by atoms with Gasteiger partial charge in [0.25, 0.3) is 0 Å². The van der Waals surface area contributed by atoms with Gasteiger partial charge in [-0.1, -0.05) is 62.4 Å². The minimum absolute atomic E-state index is 0.0142. The maximum Gasteiger partial charge on any atom is 0.410 e. The Bertz CT molecular complexity index is 3290. The number of aromatic nitrogens is 7. The lowest BCUT2D eigenvalue weighted by Gasteiger charge is -2.35. The van der Waals surface area contributed by atoms with Crippen LogP contribution >= 0.6 is 0 Å². The molecule has 28 heteroatoms. The number of piperazine rings is 1. The predicted molar refractivity (Wildman–Crippen MR) is 315 cm³/mol. The minimum atomic E-state index is -1.38. The Morgan fingerprint density at radius 2 is 1.19 bits per heavy atom. The third-order valence-electron chi connectivity index (χ3n) is 14.0. The van der Waals surface area contributed by atoms with E-state index in [4.69, 9.17) is 32.8 Å². The summed E-state index contributed by atoms with van der Waals surface area (Å²) in [6.07, 6.45) is 7.30. The Balaban J connectivity index is 0.000000325. The van der Waals surface area contributed by atoms with E-state index in [1.165, 1.54) is 20.5 Å². The average molecular weight is 1180 g/mol. The predicted octanol–water partition coefficient (Wildman–Crippen LogP) is 5.03. The van der Waals surface area contributed by atoms with Gasteiger partial charge in [-0.05, 0) is 105 Å². The van der Waals surface area contributed by atoms with E-state index in [2.05, 4.69) is 69.6 Å². The number of hydrogen-bond donors (Lipinski definition) is 10. The second kappa shape index (κ2) is 31.0. The molecule has 7 amide bonds. The van der Waals surface area contributed by atoms with Crippen LogP contribution in [0.25, 0.3) is 10.9 Å².